The molecular weight excluding hydrogens is 346 g/mol. The monoisotopic (exact) mass is 355 g/mol. The summed E-state index contributed by atoms with van der Waals surface area (Å²) in [5.41, 5.74) is 0.446. The van der Waals surface area contributed by atoms with E-state index >= 15 is 0 Å². The molecule has 22 heavy (non-hydrogen) atoms. The quantitative estimate of drug-likeness (QED) is 0.838. The molecule has 9 heteroatoms. The predicted octanol–water partition coefficient (Wildman–Crippen LogP) is 2.12. The predicted molar refractivity (Wildman–Crippen MR) is 81.5 cm³/mol. The molecule has 0 aliphatic carbocycles. The summed E-state index contributed by atoms with van der Waals surface area (Å²) in [7, 11) is -3.50. The molecule has 0 aromatic carbocycles. The fourth-order valence-corrected chi connectivity index (χ4v) is 5.09. The molecule has 1 aliphatic heterocycles. The number of sulfonamides is 1. The van der Waals surface area contributed by atoms with Crippen LogP contribution < -0.4 is 4.74 Å². The molecule has 114 valence electrons. The van der Waals surface area contributed by atoms with Crippen LogP contribution >= 0.6 is 22.9 Å². The highest BCUT2D eigenvalue weighted by atomic mass is 35.5. The Kier molecular flexibility index (Phi) is 4.06. The molecule has 0 N–H and O–H groups in total. The highest BCUT2D eigenvalue weighted by Gasteiger charge is 2.39. The lowest BCUT2D eigenvalue weighted by molar-refractivity contribution is 0.0722. The number of halogens is 1. The van der Waals surface area contributed by atoms with Gasteiger partial charge in [-0.1, -0.05) is 11.6 Å². The fourth-order valence-electron chi connectivity index (χ4n) is 1.95. The SMILES string of the molecule is N#Cc1ccnc(OC2CN(S(=O)(=O)c3ccc(Cl)s3)C2)c1. The van der Waals surface area contributed by atoms with Crippen molar-refractivity contribution in [3.8, 4) is 11.9 Å². The minimum Gasteiger partial charge on any atom is -0.471 e. The van der Waals surface area contributed by atoms with E-state index in [9.17, 15) is 8.42 Å². The van der Waals surface area contributed by atoms with Gasteiger partial charge in [-0.3, -0.25) is 0 Å². The first-order valence-electron chi connectivity index (χ1n) is 6.27. The van der Waals surface area contributed by atoms with Gasteiger partial charge in [-0.2, -0.15) is 9.57 Å². The number of nitriles is 1. The van der Waals surface area contributed by atoms with Crippen LogP contribution in [0.1, 0.15) is 5.56 Å². The Labute approximate surface area is 136 Å². The maximum Gasteiger partial charge on any atom is 0.252 e. The van der Waals surface area contributed by atoms with E-state index in [1.54, 1.807) is 12.1 Å². The molecule has 3 rings (SSSR count). The van der Waals surface area contributed by atoms with Gasteiger partial charge in [-0.15, -0.1) is 11.3 Å². The van der Waals surface area contributed by atoms with Crippen molar-refractivity contribution in [1.29, 1.82) is 5.26 Å². The van der Waals surface area contributed by atoms with Gasteiger partial charge in [0.25, 0.3) is 10.0 Å². The minimum absolute atomic E-state index is 0.223. The molecule has 0 bridgehead atoms. The smallest absolute Gasteiger partial charge is 0.252 e. The maximum atomic E-state index is 12.3. The zero-order chi connectivity index (χ0) is 15.7. The first kappa shape index (κ1) is 15.2. The number of pyridine rings is 1. The lowest BCUT2D eigenvalue weighted by atomic mass is 10.2. The van der Waals surface area contributed by atoms with E-state index in [-0.39, 0.29) is 23.4 Å². The van der Waals surface area contributed by atoms with Crippen molar-refractivity contribution < 1.29 is 13.2 Å². The van der Waals surface area contributed by atoms with Crippen LogP contribution in [0.15, 0.2) is 34.7 Å². The van der Waals surface area contributed by atoms with Gasteiger partial charge in [0.1, 0.15) is 10.3 Å². The number of hydrogen-bond donors (Lipinski definition) is 0. The van der Waals surface area contributed by atoms with Gasteiger partial charge in [0.2, 0.25) is 5.88 Å². The van der Waals surface area contributed by atoms with E-state index in [0.717, 1.165) is 11.3 Å². The van der Waals surface area contributed by atoms with Crippen LogP contribution in [0.5, 0.6) is 5.88 Å². The average molecular weight is 356 g/mol. The van der Waals surface area contributed by atoms with Crippen LogP contribution in [0.25, 0.3) is 0 Å². The van der Waals surface area contributed by atoms with Crippen LogP contribution in [0.2, 0.25) is 4.34 Å². The molecule has 2 aromatic heterocycles. The Bertz CT molecular complexity index is 838. The summed E-state index contributed by atoms with van der Waals surface area (Å²) in [6, 6.07) is 8.15. The van der Waals surface area contributed by atoms with E-state index in [4.69, 9.17) is 21.6 Å². The third-order valence-corrected chi connectivity index (χ3v) is 6.64. The number of hydrogen-bond acceptors (Lipinski definition) is 6. The van der Waals surface area contributed by atoms with Crippen LogP contribution in [0.3, 0.4) is 0 Å². The summed E-state index contributed by atoms with van der Waals surface area (Å²) in [5, 5.41) is 8.81. The largest absolute Gasteiger partial charge is 0.471 e. The normalized spacial score (nSPS) is 16.0. The van der Waals surface area contributed by atoms with Crippen molar-refractivity contribution >= 4 is 33.0 Å². The highest BCUT2D eigenvalue weighted by molar-refractivity contribution is 7.91. The lowest BCUT2D eigenvalue weighted by Crippen LogP contribution is -2.55. The molecule has 0 saturated carbocycles. The topological polar surface area (TPSA) is 83.3 Å². The summed E-state index contributed by atoms with van der Waals surface area (Å²) < 4.78 is 32.1. The number of nitrogens with zero attached hydrogens (tertiary/aromatic N) is 3. The molecule has 6 nitrogen and oxygen atoms in total. The molecule has 0 spiro atoms. The summed E-state index contributed by atoms with van der Waals surface area (Å²) in [4.78, 5) is 4.00. The number of ether oxygens (including phenoxy) is 1. The minimum atomic E-state index is -3.50. The molecule has 0 unspecified atom stereocenters. The van der Waals surface area contributed by atoms with E-state index in [1.165, 1.54) is 22.6 Å². The van der Waals surface area contributed by atoms with Gasteiger partial charge in [-0.25, -0.2) is 13.4 Å². The molecular formula is C13H10ClN3O3S2. The summed E-state index contributed by atoms with van der Waals surface area (Å²) >= 11 is 6.80. The van der Waals surface area contributed by atoms with Crippen LogP contribution in [-0.2, 0) is 10.0 Å². The second-order valence-corrected chi connectivity index (χ2v) is 8.49. The fraction of sp³-hybridized carbons (Fsp3) is 0.231. The second-order valence-electron chi connectivity index (χ2n) is 4.61. The molecule has 0 amide bonds. The molecule has 0 radical (unpaired) electrons. The molecule has 1 saturated heterocycles. The molecule has 2 aromatic rings. The van der Waals surface area contributed by atoms with Gasteiger partial charge in [0.05, 0.1) is 29.1 Å². The standard InChI is InChI=1S/C13H10ClN3O3S2/c14-11-1-2-13(21-11)22(18,19)17-7-10(8-17)20-12-5-9(6-15)3-4-16-12/h1-5,10H,7-8H2. The van der Waals surface area contributed by atoms with Gasteiger partial charge >= 0.3 is 0 Å². The first-order chi connectivity index (χ1) is 10.5. The Morgan fingerprint density at radius 3 is 2.82 bits per heavy atom. The van der Waals surface area contributed by atoms with E-state index in [0.29, 0.717) is 15.8 Å². The van der Waals surface area contributed by atoms with Crippen molar-refractivity contribution in [2.45, 2.75) is 10.3 Å². The Hall–Kier alpha value is -1.66. The van der Waals surface area contributed by atoms with Gasteiger partial charge in [0, 0.05) is 12.3 Å². The molecule has 3 heterocycles. The Morgan fingerprint density at radius 2 is 2.18 bits per heavy atom. The number of rotatable bonds is 4. The van der Waals surface area contributed by atoms with Crippen molar-refractivity contribution in [1.82, 2.24) is 9.29 Å². The maximum absolute atomic E-state index is 12.3. The molecule has 0 atom stereocenters. The number of thiophene rings is 1. The summed E-state index contributed by atoms with van der Waals surface area (Å²) in [6.45, 7) is 0.493. The highest BCUT2D eigenvalue weighted by Crippen LogP contribution is 2.31. The van der Waals surface area contributed by atoms with E-state index in [2.05, 4.69) is 4.98 Å². The Morgan fingerprint density at radius 1 is 1.41 bits per heavy atom. The van der Waals surface area contributed by atoms with Crippen molar-refractivity contribution in [3.05, 3.63) is 40.4 Å². The molecule has 1 aliphatic rings. The van der Waals surface area contributed by atoms with Gasteiger partial charge < -0.3 is 4.74 Å². The van der Waals surface area contributed by atoms with Crippen LogP contribution in [-0.4, -0.2) is 36.9 Å². The van der Waals surface area contributed by atoms with Crippen molar-refractivity contribution in [2.24, 2.45) is 0 Å². The molecule has 1 fully saturated rings. The van der Waals surface area contributed by atoms with Gasteiger partial charge in [-0.05, 0) is 18.2 Å². The zero-order valence-corrected chi connectivity index (χ0v) is 13.5. The van der Waals surface area contributed by atoms with E-state index in [1.807, 2.05) is 6.07 Å². The van der Waals surface area contributed by atoms with Crippen molar-refractivity contribution in [2.75, 3.05) is 13.1 Å². The van der Waals surface area contributed by atoms with Gasteiger partial charge in [0.15, 0.2) is 0 Å². The number of aromatic nitrogens is 1. The lowest BCUT2D eigenvalue weighted by Gasteiger charge is -2.37. The third-order valence-electron chi connectivity index (χ3n) is 3.11. The van der Waals surface area contributed by atoms with Crippen LogP contribution in [0.4, 0.5) is 0 Å². The average Bonchev–Trinajstić information content (AvgIpc) is 2.90. The summed E-state index contributed by atoms with van der Waals surface area (Å²) in [6.07, 6.45) is 1.21. The Balaban J connectivity index is 1.63. The first-order valence-corrected chi connectivity index (χ1v) is 8.91. The van der Waals surface area contributed by atoms with E-state index < -0.39 is 10.0 Å². The third kappa shape index (κ3) is 2.94. The van der Waals surface area contributed by atoms with Crippen LogP contribution in [0, 0.1) is 11.3 Å². The van der Waals surface area contributed by atoms with Crippen molar-refractivity contribution in [3.63, 3.8) is 0 Å². The second kappa shape index (κ2) is 5.85. The zero-order valence-electron chi connectivity index (χ0n) is 11.1. The summed E-state index contributed by atoms with van der Waals surface area (Å²) in [5.74, 6) is 0.320.